The Morgan fingerprint density at radius 1 is 0.656 bits per heavy atom. The monoisotopic (exact) mass is 416 g/mol. The predicted octanol–water partition coefficient (Wildman–Crippen LogP) is 7.79. The molecule has 4 aromatic rings. The zero-order chi connectivity index (χ0) is 21.4. The molecule has 3 nitrogen and oxygen atoms in total. The van der Waals surface area contributed by atoms with Crippen molar-refractivity contribution in [3.05, 3.63) is 102 Å². The highest BCUT2D eigenvalue weighted by Crippen LogP contribution is 2.67. The molecule has 0 aromatic heterocycles. The summed E-state index contributed by atoms with van der Waals surface area (Å²) in [4.78, 5) is 4.90. The number of anilines is 5. The number of para-hydroxylation sites is 1. The quantitative estimate of drug-likeness (QED) is 0.339. The van der Waals surface area contributed by atoms with Crippen LogP contribution in [0.3, 0.4) is 0 Å². The first-order valence-corrected chi connectivity index (χ1v) is 11.4. The van der Waals surface area contributed by atoms with Crippen molar-refractivity contribution in [3.63, 3.8) is 0 Å². The molecular weight excluding hydrogens is 392 g/mol. The minimum atomic E-state index is -0.266. The molecule has 0 radical (unpaired) electrons. The summed E-state index contributed by atoms with van der Waals surface area (Å²) in [6.07, 6.45) is 1.08. The first-order chi connectivity index (χ1) is 15.7. The Hall–Kier alpha value is -3.72. The van der Waals surface area contributed by atoms with Crippen LogP contribution in [-0.4, -0.2) is 6.54 Å². The molecule has 1 atom stereocenters. The van der Waals surface area contributed by atoms with E-state index in [1.165, 1.54) is 45.1 Å². The van der Waals surface area contributed by atoms with Crippen molar-refractivity contribution in [1.29, 1.82) is 0 Å². The maximum absolute atomic E-state index is 6.57. The van der Waals surface area contributed by atoms with E-state index in [9.17, 15) is 0 Å². The molecule has 0 amide bonds. The van der Waals surface area contributed by atoms with Gasteiger partial charge in [-0.25, -0.2) is 0 Å². The minimum absolute atomic E-state index is 0.266. The van der Waals surface area contributed by atoms with Gasteiger partial charge in [-0.15, -0.1) is 0 Å². The molecule has 0 aliphatic carbocycles. The number of ether oxygens (including phenoxy) is 1. The highest BCUT2D eigenvalue weighted by molar-refractivity contribution is 5.97. The standard InChI is InChI=1S/C29H24N2O/c1-3-18-30-20-12-7-14-22-26(20)29(2)27-21(30)13-8-16-24(27)32-25-17-9-15-23(28(25)29)31(22)19-10-5-4-6-11-19/h4-17H,3,18H2,1-2H3/t29-/m0/s1. The van der Waals surface area contributed by atoms with Gasteiger partial charge in [-0.3, -0.25) is 0 Å². The molecule has 3 aliphatic heterocycles. The van der Waals surface area contributed by atoms with Gasteiger partial charge in [0.1, 0.15) is 11.5 Å². The summed E-state index contributed by atoms with van der Waals surface area (Å²) in [7, 11) is 0. The van der Waals surface area contributed by atoms with Crippen molar-refractivity contribution in [3.8, 4) is 11.5 Å². The van der Waals surface area contributed by atoms with Crippen molar-refractivity contribution >= 4 is 28.4 Å². The third kappa shape index (κ3) is 2.02. The largest absolute Gasteiger partial charge is 0.457 e. The van der Waals surface area contributed by atoms with Crippen LogP contribution in [0.5, 0.6) is 11.5 Å². The van der Waals surface area contributed by atoms with E-state index in [0.717, 1.165) is 24.5 Å². The third-order valence-corrected chi connectivity index (χ3v) is 7.27. The Balaban J connectivity index is 1.65. The van der Waals surface area contributed by atoms with Crippen molar-refractivity contribution in [2.75, 3.05) is 16.3 Å². The average molecular weight is 417 g/mol. The van der Waals surface area contributed by atoms with E-state index in [1.807, 2.05) is 0 Å². The fourth-order valence-corrected chi connectivity index (χ4v) is 6.15. The van der Waals surface area contributed by atoms with Gasteiger partial charge in [0.2, 0.25) is 0 Å². The van der Waals surface area contributed by atoms with Gasteiger partial charge in [0.25, 0.3) is 0 Å². The van der Waals surface area contributed by atoms with Crippen LogP contribution in [-0.2, 0) is 5.41 Å². The Bertz CT molecular complexity index is 1390. The van der Waals surface area contributed by atoms with Gasteiger partial charge in [0, 0.05) is 40.3 Å². The van der Waals surface area contributed by atoms with Crippen LogP contribution in [0.25, 0.3) is 0 Å². The molecule has 7 rings (SSSR count). The summed E-state index contributed by atoms with van der Waals surface area (Å²) in [5, 5.41) is 0. The molecular formula is C29H24N2O. The molecule has 0 fully saturated rings. The van der Waals surface area contributed by atoms with E-state index < -0.39 is 0 Å². The molecule has 4 aromatic carbocycles. The Labute approximate surface area is 188 Å². The SMILES string of the molecule is CCCN1c2cccc3c2[C@@]2(C)c4c(cccc4N(c4ccccc4)c4cccc1c42)O3. The summed E-state index contributed by atoms with van der Waals surface area (Å²) < 4.78 is 6.57. The lowest BCUT2D eigenvalue weighted by Crippen LogP contribution is -2.42. The van der Waals surface area contributed by atoms with E-state index >= 15 is 0 Å². The molecule has 0 unspecified atom stereocenters. The predicted molar refractivity (Wildman–Crippen MR) is 130 cm³/mol. The maximum Gasteiger partial charge on any atom is 0.133 e. The van der Waals surface area contributed by atoms with Crippen molar-refractivity contribution < 1.29 is 4.74 Å². The maximum atomic E-state index is 6.57. The lowest BCUT2D eigenvalue weighted by atomic mass is 9.63. The van der Waals surface area contributed by atoms with Gasteiger partial charge >= 0.3 is 0 Å². The lowest BCUT2D eigenvalue weighted by Gasteiger charge is -2.52. The van der Waals surface area contributed by atoms with Crippen LogP contribution in [0.15, 0.2) is 84.9 Å². The highest BCUT2D eigenvalue weighted by atomic mass is 16.5. The highest BCUT2D eigenvalue weighted by Gasteiger charge is 2.53. The Kier molecular flexibility index (Phi) is 3.45. The van der Waals surface area contributed by atoms with Gasteiger partial charge in [0.15, 0.2) is 0 Å². The molecule has 0 saturated carbocycles. The Morgan fingerprint density at radius 3 is 1.91 bits per heavy atom. The van der Waals surface area contributed by atoms with E-state index in [1.54, 1.807) is 0 Å². The average Bonchev–Trinajstić information content (AvgIpc) is 2.82. The summed E-state index contributed by atoms with van der Waals surface area (Å²) in [6, 6.07) is 30.4. The topological polar surface area (TPSA) is 15.7 Å². The normalized spacial score (nSPS) is 18.8. The second kappa shape index (κ2) is 6.17. The number of hydrogen-bond acceptors (Lipinski definition) is 3. The number of nitrogens with zero attached hydrogens (tertiary/aromatic N) is 2. The van der Waals surface area contributed by atoms with Gasteiger partial charge in [0.05, 0.1) is 16.8 Å². The second-order valence-electron chi connectivity index (χ2n) is 9.02. The van der Waals surface area contributed by atoms with Crippen LogP contribution in [0.2, 0.25) is 0 Å². The molecule has 3 heteroatoms. The van der Waals surface area contributed by atoms with Crippen LogP contribution in [0, 0.1) is 0 Å². The summed E-state index contributed by atoms with van der Waals surface area (Å²) in [5.41, 5.74) is 9.86. The molecule has 0 spiro atoms. The van der Waals surface area contributed by atoms with Crippen LogP contribution >= 0.6 is 0 Å². The second-order valence-corrected chi connectivity index (χ2v) is 9.02. The van der Waals surface area contributed by atoms with Gasteiger partial charge in [-0.2, -0.15) is 0 Å². The van der Waals surface area contributed by atoms with Gasteiger partial charge in [-0.1, -0.05) is 43.3 Å². The molecule has 0 saturated heterocycles. The molecule has 32 heavy (non-hydrogen) atoms. The number of hydrogen-bond donors (Lipinski definition) is 0. The fraction of sp³-hybridized carbons (Fsp3) is 0.172. The fourth-order valence-electron chi connectivity index (χ4n) is 6.15. The minimum Gasteiger partial charge on any atom is -0.457 e. The number of rotatable bonds is 3. The van der Waals surface area contributed by atoms with Gasteiger partial charge < -0.3 is 14.5 Å². The van der Waals surface area contributed by atoms with Crippen LogP contribution < -0.4 is 14.5 Å². The van der Waals surface area contributed by atoms with E-state index in [0.29, 0.717) is 0 Å². The molecule has 0 N–H and O–H groups in total. The Morgan fingerprint density at radius 2 is 1.22 bits per heavy atom. The van der Waals surface area contributed by atoms with Crippen LogP contribution in [0.1, 0.15) is 37.0 Å². The first kappa shape index (κ1) is 17.9. The molecule has 156 valence electrons. The molecule has 3 heterocycles. The summed E-state index contributed by atoms with van der Waals surface area (Å²) in [6.45, 7) is 5.62. The van der Waals surface area contributed by atoms with Crippen molar-refractivity contribution in [2.24, 2.45) is 0 Å². The smallest absolute Gasteiger partial charge is 0.133 e. The first-order valence-electron chi connectivity index (χ1n) is 11.4. The van der Waals surface area contributed by atoms with Crippen molar-refractivity contribution in [1.82, 2.24) is 0 Å². The zero-order valence-corrected chi connectivity index (χ0v) is 18.3. The van der Waals surface area contributed by atoms with E-state index in [4.69, 9.17) is 4.74 Å². The molecule has 0 bridgehead atoms. The lowest BCUT2D eigenvalue weighted by molar-refractivity contribution is 0.424. The number of benzene rings is 4. The summed E-state index contributed by atoms with van der Waals surface area (Å²) >= 11 is 0. The van der Waals surface area contributed by atoms with Crippen molar-refractivity contribution in [2.45, 2.75) is 25.7 Å². The van der Waals surface area contributed by atoms with Gasteiger partial charge in [-0.05, 0) is 61.9 Å². The van der Waals surface area contributed by atoms with E-state index in [-0.39, 0.29) is 5.41 Å². The third-order valence-electron chi connectivity index (χ3n) is 7.27. The van der Waals surface area contributed by atoms with Crippen LogP contribution in [0.4, 0.5) is 28.4 Å². The zero-order valence-electron chi connectivity index (χ0n) is 18.3. The molecule has 3 aliphatic rings. The van der Waals surface area contributed by atoms with E-state index in [2.05, 4.69) is 109 Å². The summed E-state index contributed by atoms with van der Waals surface area (Å²) in [5.74, 6) is 1.93.